The molecule has 0 bridgehead atoms. The van der Waals surface area contributed by atoms with Gasteiger partial charge in [0.1, 0.15) is 12.4 Å². The van der Waals surface area contributed by atoms with Crippen LogP contribution in [0.25, 0.3) is 0 Å². The first-order chi connectivity index (χ1) is 9.19. The molecule has 19 heavy (non-hydrogen) atoms. The van der Waals surface area contributed by atoms with Crippen molar-refractivity contribution in [2.75, 3.05) is 25.6 Å². The maximum Gasteiger partial charge on any atom is 0.275 e. The van der Waals surface area contributed by atoms with Gasteiger partial charge >= 0.3 is 0 Å². The largest absolute Gasteiger partial charge is 0.491 e. The van der Waals surface area contributed by atoms with Crippen LogP contribution >= 0.6 is 0 Å². The first-order valence-electron chi connectivity index (χ1n) is 6.40. The number of hydrogen-bond acceptors (Lipinski definition) is 5. The molecule has 0 saturated carbocycles. The van der Waals surface area contributed by atoms with Crippen LogP contribution in [0.1, 0.15) is 19.3 Å². The number of benzene rings is 1. The van der Waals surface area contributed by atoms with Crippen molar-refractivity contribution >= 4 is 11.4 Å². The molecule has 1 atom stereocenters. The van der Waals surface area contributed by atoms with Crippen LogP contribution < -0.4 is 10.1 Å². The van der Waals surface area contributed by atoms with Gasteiger partial charge in [-0.1, -0.05) is 0 Å². The summed E-state index contributed by atoms with van der Waals surface area (Å²) >= 11 is 0. The fourth-order valence-corrected chi connectivity index (χ4v) is 2.04. The highest BCUT2D eigenvalue weighted by Gasteiger charge is 2.16. The summed E-state index contributed by atoms with van der Waals surface area (Å²) in [5.74, 6) is 0.493. The summed E-state index contributed by atoms with van der Waals surface area (Å²) in [4.78, 5) is 10.4. The number of rotatable bonds is 5. The van der Waals surface area contributed by atoms with E-state index >= 15 is 0 Å². The molecule has 0 spiro atoms. The van der Waals surface area contributed by atoms with Gasteiger partial charge in [0.15, 0.2) is 0 Å². The van der Waals surface area contributed by atoms with Crippen molar-refractivity contribution in [2.45, 2.75) is 25.4 Å². The summed E-state index contributed by atoms with van der Waals surface area (Å²) in [6.45, 7) is 1.20. The van der Waals surface area contributed by atoms with Gasteiger partial charge in [0.25, 0.3) is 5.69 Å². The van der Waals surface area contributed by atoms with Gasteiger partial charge < -0.3 is 14.8 Å². The molecule has 1 fully saturated rings. The highest BCUT2D eigenvalue weighted by atomic mass is 16.6. The molecule has 1 N–H and O–H groups in total. The molecule has 1 heterocycles. The lowest BCUT2D eigenvalue weighted by Crippen LogP contribution is -2.25. The van der Waals surface area contributed by atoms with E-state index < -0.39 is 4.92 Å². The van der Waals surface area contributed by atoms with E-state index in [1.807, 2.05) is 0 Å². The summed E-state index contributed by atoms with van der Waals surface area (Å²) < 4.78 is 11.2. The van der Waals surface area contributed by atoms with Crippen LogP contribution in [0.15, 0.2) is 18.2 Å². The molecule has 6 heteroatoms. The Hall–Kier alpha value is -1.82. The van der Waals surface area contributed by atoms with Crippen LogP contribution in [-0.4, -0.2) is 31.3 Å². The van der Waals surface area contributed by atoms with Crippen LogP contribution in [0, 0.1) is 10.1 Å². The van der Waals surface area contributed by atoms with Gasteiger partial charge in [-0.3, -0.25) is 10.1 Å². The van der Waals surface area contributed by atoms with Crippen LogP contribution in [0.5, 0.6) is 5.75 Å². The van der Waals surface area contributed by atoms with Gasteiger partial charge in [0, 0.05) is 31.5 Å². The number of nitro benzene ring substituents is 1. The molecule has 1 aromatic carbocycles. The number of hydrogen-bond donors (Lipinski definition) is 1. The van der Waals surface area contributed by atoms with Gasteiger partial charge in [-0.15, -0.1) is 0 Å². The standard InChI is InChI=1S/C13H18N2O4/c1-14-10-6-11(15(16)17)8-13(7-10)19-9-12-4-2-3-5-18-12/h6-8,12,14H,2-5,9H2,1H3. The Bertz CT molecular complexity index is 444. The van der Waals surface area contributed by atoms with Gasteiger partial charge in [-0.05, 0) is 19.3 Å². The molecule has 2 rings (SSSR count). The zero-order valence-corrected chi connectivity index (χ0v) is 10.9. The molecule has 1 aromatic rings. The van der Waals surface area contributed by atoms with Gasteiger partial charge in [0.2, 0.25) is 0 Å². The summed E-state index contributed by atoms with van der Waals surface area (Å²) in [6, 6.07) is 4.66. The maximum absolute atomic E-state index is 10.8. The minimum atomic E-state index is -0.426. The Morgan fingerprint density at radius 2 is 2.32 bits per heavy atom. The molecule has 1 saturated heterocycles. The van der Waals surface area contributed by atoms with Crippen molar-refractivity contribution in [3.05, 3.63) is 28.3 Å². The lowest BCUT2D eigenvalue weighted by Gasteiger charge is -2.22. The van der Waals surface area contributed by atoms with E-state index in [1.54, 1.807) is 13.1 Å². The van der Waals surface area contributed by atoms with Gasteiger partial charge in [-0.2, -0.15) is 0 Å². The highest BCUT2D eigenvalue weighted by molar-refractivity contribution is 5.56. The molecular weight excluding hydrogens is 248 g/mol. The molecule has 0 aromatic heterocycles. The van der Waals surface area contributed by atoms with Crippen LogP contribution in [0.3, 0.4) is 0 Å². The predicted molar refractivity (Wildman–Crippen MR) is 71.7 cm³/mol. The zero-order chi connectivity index (χ0) is 13.7. The second kappa shape index (κ2) is 6.38. The number of nitro groups is 1. The Kier molecular flexibility index (Phi) is 4.57. The van der Waals surface area contributed by atoms with E-state index in [0.717, 1.165) is 25.9 Å². The second-order valence-electron chi connectivity index (χ2n) is 4.52. The average Bonchev–Trinajstić information content (AvgIpc) is 2.45. The smallest absolute Gasteiger partial charge is 0.275 e. The molecule has 0 radical (unpaired) electrons. The first-order valence-corrected chi connectivity index (χ1v) is 6.40. The van der Waals surface area contributed by atoms with Crippen molar-refractivity contribution in [2.24, 2.45) is 0 Å². The summed E-state index contributed by atoms with van der Waals surface area (Å²) in [5, 5.41) is 13.7. The molecule has 0 amide bonds. The lowest BCUT2D eigenvalue weighted by molar-refractivity contribution is -0.384. The summed E-state index contributed by atoms with van der Waals surface area (Å²) in [7, 11) is 1.72. The van der Waals surface area contributed by atoms with E-state index in [1.165, 1.54) is 12.1 Å². The molecule has 1 unspecified atom stereocenters. The number of nitrogens with zero attached hydrogens (tertiary/aromatic N) is 1. The van der Waals surface area contributed by atoms with E-state index in [2.05, 4.69) is 5.32 Å². The van der Waals surface area contributed by atoms with Crippen molar-refractivity contribution in [1.29, 1.82) is 0 Å². The van der Waals surface area contributed by atoms with Crippen LogP contribution in [0.4, 0.5) is 11.4 Å². The van der Waals surface area contributed by atoms with Crippen molar-refractivity contribution in [1.82, 2.24) is 0 Å². The number of nitrogens with one attached hydrogen (secondary N) is 1. The number of ether oxygens (including phenoxy) is 2. The molecule has 104 valence electrons. The molecule has 1 aliphatic rings. The Labute approximate surface area is 111 Å². The van der Waals surface area contributed by atoms with E-state index in [-0.39, 0.29) is 11.8 Å². The monoisotopic (exact) mass is 266 g/mol. The average molecular weight is 266 g/mol. The highest BCUT2D eigenvalue weighted by Crippen LogP contribution is 2.26. The SMILES string of the molecule is CNc1cc(OCC2CCCCO2)cc([N+](=O)[O-])c1. The van der Waals surface area contributed by atoms with Crippen molar-refractivity contribution in [3.8, 4) is 5.75 Å². The van der Waals surface area contributed by atoms with Crippen molar-refractivity contribution in [3.63, 3.8) is 0 Å². The fraction of sp³-hybridized carbons (Fsp3) is 0.538. The molecule has 1 aliphatic heterocycles. The Morgan fingerprint density at radius 1 is 1.47 bits per heavy atom. The Morgan fingerprint density at radius 3 is 2.95 bits per heavy atom. The summed E-state index contributed by atoms with van der Waals surface area (Å²) in [6.07, 6.45) is 3.31. The van der Waals surface area contributed by atoms with Crippen LogP contribution in [-0.2, 0) is 4.74 Å². The fourth-order valence-electron chi connectivity index (χ4n) is 2.04. The number of non-ortho nitro benzene ring substituents is 1. The third kappa shape index (κ3) is 3.82. The second-order valence-corrected chi connectivity index (χ2v) is 4.52. The maximum atomic E-state index is 10.8. The lowest BCUT2D eigenvalue weighted by atomic mass is 10.1. The van der Waals surface area contributed by atoms with E-state index in [4.69, 9.17) is 9.47 Å². The third-order valence-corrected chi connectivity index (χ3v) is 3.10. The third-order valence-electron chi connectivity index (χ3n) is 3.10. The van der Waals surface area contributed by atoms with E-state index in [9.17, 15) is 10.1 Å². The van der Waals surface area contributed by atoms with Gasteiger partial charge in [0.05, 0.1) is 17.1 Å². The Balaban J connectivity index is 2.02. The summed E-state index contributed by atoms with van der Waals surface area (Å²) in [5.41, 5.74) is 0.681. The molecule has 6 nitrogen and oxygen atoms in total. The molecule has 0 aliphatic carbocycles. The minimum absolute atomic E-state index is 0.0198. The first kappa shape index (κ1) is 13.6. The normalized spacial score (nSPS) is 18.9. The quantitative estimate of drug-likeness (QED) is 0.655. The predicted octanol–water partition coefficient (Wildman–Crippen LogP) is 2.58. The minimum Gasteiger partial charge on any atom is -0.491 e. The van der Waals surface area contributed by atoms with Gasteiger partial charge in [-0.25, -0.2) is 0 Å². The topological polar surface area (TPSA) is 73.6 Å². The zero-order valence-electron chi connectivity index (χ0n) is 10.9. The number of anilines is 1. The van der Waals surface area contributed by atoms with E-state index in [0.29, 0.717) is 18.0 Å². The molecular formula is C13H18N2O4. The van der Waals surface area contributed by atoms with Crippen LogP contribution in [0.2, 0.25) is 0 Å². The van der Waals surface area contributed by atoms with Crippen molar-refractivity contribution < 1.29 is 14.4 Å².